The zero-order chi connectivity index (χ0) is 19.3. The minimum atomic E-state index is -0.0948. The Balaban J connectivity index is 1.56. The Hall–Kier alpha value is -2.86. The second-order valence-electron chi connectivity index (χ2n) is 6.38. The standard InChI is InChI=1S/C22H21NO4S/c1-25-18-10-9-17(14-20(18)27-15-16-6-3-2-4-7-16)22-23(11-13-28-22)21(24)19-8-5-12-26-19/h2-10,12,14,22H,11,13,15H2,1H3/t22-/m0/s1. The summed E-state index contributed by atoms with van der Waals surface area (Å²) in [5.41, 5.74) is 2.09. The number of carbonyl (C=O) groups excluding carboxylic acids is 1. The van der Waals surface area contributed by atoms with E-state index in [0.717, 1.165) is 16.9 Å². The number of ether oxygens (including phenoxy) is 2. The summed E-state index contributed by atoms with van der Waals surface area (Å²) >= 11 is 1.73. The van der Waals surface area contributed by atoms with Crippen LogP contribution in [0.2, 0.25) is 0 Å². The molecule has 0 radical (unpaired) electrons. The van der Waals surface area contributed by atoms with E-state index < -0.39 is 0 Å². The maximum atomic E-state index is 12.8. The highest BCUT2D eigenvalue weighted by Gasteiger charge is 2.33. The van der Waals surface area contributed by atoms with E-state index >= 15 is 0 Å². The largest absolute Gasteiger partial charge is 0.493 e. The Morgan fingerprint density at radius 3 is 2.75 bits per heavy atom. The molecule has 0 bridgehead atoms. The maximum absolute atomic E-state index is 12.8. The fourth-order valence-electron chi connectivity index (χ4n) is 3.19. The Morgan fingerprint density at radius 2 is 2.00 bits per heavy atom. The van der Waals surface area contributed by atoms with E-state index in [4.69, 9.17) is 13.9 Å². The van der Waals surface area contributed by atoms with Gasteiger partial charge in [0.2, 0.25) is 0 Å². The molecule has 1 aromatic heterocycles. The smallest absolute Gasteiger partial charge is 0.290 e. The topological polar surface area (TPSA) is 51.9 Å². The van der Waals surface area contributed by atoms with E-state index in [9.17, 15) is 4.79 Å². The molecule has 5 nitrogen and oxygen atoms in total. The van der Waals surface area contributed by atoms with Crippen molar-refractivity contribution in [3.63, 3.8) is 0 Å². The Kier molecular flexibility index (Phi) is 5.58. The molecule has 0 unspecified atom stereocenters. The van der Waals surface area contributed by atoms with Crippen LogP contribution in [0.5, 0.6) is 11.5 Å². The van der Waals surface area contributed by atoms with Gasteiger partial charge in [-0.15, -0.1) is 11.8 Å². The number of hydrogen-bond acceptors (Lipinski definition) is 5. The fourth-order valence-corrected chi connectivity index (χ4v) is 4.44. The first-order chi connectivity index (χ1) is 13.8. The summed E-state index contributed by atoms with van der Waals surface area (Å²) in [7, 11) is 1.63. The van der Waals surface area contributed by atoms with Gasteiger partial charge in [-0.25, -0.2) is 0 Å². The van der Waals surface area contributed by atoms with Crippen molar-refractivity contribution >= 4 is 17.7 Å². The normalized spacial score (nSPS) is 16.2. The summed E-state index contributed by atoms with van der Waals surface area (Å²) in [6.07, 6.45) is 1.52. The lowest BCUT2D eigenvalue weighted by molar-refractivity contribution is 0.0728. The highest BCUT2D eigenvalue weighted by atomic mass is 32.2. The van der Waals surface area contributed by atoms with Gasteiger partial charge in [-0.3, -0.25) is 4.79 Å². The lowest BCUT2D eigenvalue weighted by Crippen LogP contribution is -2.30. The highest BCUT2D eigenvalue weighted by Crippen LogP contribution is 2.41. The molecule has 1 fully saturated rings. The van der Waals surface area contributed by atoms with Crippen molar-refractivity contribution < 1.29 is 18.7 Å². The van der Waals surface area contributed by atoms with Crippen LogP contribution in [0.25, 0.3) is 0 Å². The molecule has 0 aliphatic carbocycles. The number of carbonyl (C=O) groups is 1. The molecule has 1 atom stereocenters. The summed E-state index contributed by atoms with van der Waals surface area (Å²) < 4.78 is 16.8. The lowest BCUT2D eigenvalue weighted by atomic mass is 10.1. The van der Waals surface area contributed by atoms with Crippen LogP contribution >= 0.6 is 11.8 Å². The van der Waals surface area contributed by atoms with Crippen LogP contribution in [0.15, 0.2) is 71.3 Å². The predicted octanol–water partition coefficient (Wildman–Crippen LogP) is 4.76. The second-order valence-corrected chi connectivity index (χ2v) is 7.57. The first kappa shape index (κ1) is 18.5. The van der Waals surface area contributed by atoms with Crippen molar-refractivity contribution in [2.75, 3.05) is 19.4 Å². The van der Waals surface area contributed by atoms with E-state index in [2.05, 4.69) is 0 Å². The summed E-state index contributed by atoms with van der Waals surface area (Å²) in [6, 6.07) is 19.3. The quantitative estimate of drug-likeness (QED) is 0.603. The number of thioether (sulfide) groups is 1. The van der Waals surface area contributed by atoms with Crippen LogP contribution in [0, 0.1) is 0 Å². The van der Waals surface area contributed by atoms with Crippen LogP contribution in [0.4, 0.5) is 0 Å². The Morgan fingerprint density at radius 1 is 1.14 bits per heavy atom. The molecular weight excluding hydrogens is 374 g/mol. The number of amides is 1. The molecule has 0 spiro atoms. The van der Waals surface area contributed by atoms with Crippen LogP contribution in [-0.4, -0.2) is 30.2 Å². The molecule has 1 aliphatic heterocycles. The summed E-state index contributed by atoms with van der Waals surface area (Å²) in [4.78, 5) is 14.6. The van der Waals surface area contributed by atoms with Gasteiger partial charge in [-0.1, -0.05) is 36.4 Å². The number of furan rings is 1. The summed E-state index contributed by atoms with van der Waals surface area (Å²) in [5.74, 6) is 2.49. The van der Waals surface area contributed by atoms with Crippen molar-refractivity contribution in [2.24, 2.45) is 0 Å². The number of methoxy groups -OCH3 is 1. The molecule has 1 aliphatic rings. The molecule has 144 valence electrons. The van der Waals surface area contributed by atoms with Gasteiger partial charge >= 0.3 is 0 Å². The molecule has 1 amide bonds. The zero-order valence-corrected chi connectivity index (χ0v) is 16.4. The molecular formula is C22H21NO4S. The van der Waals surface area contributed by atoms with Crippen molar-refractivity contribution in [1.82, 2.24) is 4.90 Å². The molecule has 4 rings (SSSR count). The van der Waals surface area contributed by atoms with Crippen molar-refractivity contribution in [3.05, 3.63) is 83.8 Å². The first-order valence-electron chi connectivity index (χ1n) is 9.07. The first-order valence-corrected chi connectivity index (χ1v) is 10.1. The monoisotopic (exact) mass is 395 g/mol. The van der Waals surface area contributed by atoms with Gasteiger partial charge in [-0.2, -0.15) is 0 Å². The van der Waals surface area contributed by atoms with Gasteiger partial charge in [-0.05, 0) is 35.4 Å². The molecule has 2 aromatic carbocycles. The number of hydrogen-bond donors (Lipinski definition) is 0. The summed E-state index contributed by atoms with van der Waals surface area (Å²) in [5, 5.41) is -0.0809. The average Bonchev–Trinajstić information content (AvgIpc) is 3.44. The third kappa shape index (κ3) is 3.87. The Bertz CT molecular complexity index is 927. The molecule has 0 N–H and O–H groups in total. The van der Waals surface area contributed by atoms with E-state index in [0.29, 0.717) is 30.4 Å². The lowest BCUT2D eigenvalue weighted by Gasteiger charge is -2.24. The SMILES string of the molecule is COc1ccc([C@@H]2SCCN2C(=O)c2ccco2)cc1OCc1ccccc1. The molecule has 3 aromatic rings. The van der Waals surface area contributed by atoms with Crippen molar-refractivity contribution in [3.8, 4) is 11.5 Å². The fraction of sp³-hybridized carbons (Fsp3) is 0.227. The van der Waals surface area contributed by atoms with Crippen molar-refractivity contribution in [2.45, 2.75) is 12.0 Å². The third-order valence-corrected chi connectivity index (χ3v) is 5.85. The third-order valence-electron chi connectivity index (χ3n) is 4.59. The maximum Gasteiger partial charge on any atom is 0.290 e. The molecule has 0 saturated carbocycles. The minimum absolute atomic E-state index is 0.0809. The van der Waals surface area contributed by atoms with Gasteiger partial charge in [0.05, 0.1) is 13.4 Å². The number of nitrogens with zero attached hydrogens (tertiary/aromatic N) is 1. The zero-order valence-electron chi connectivity index (χ0n) is 15.5. The van der Waals surface area contributed by atoms with Gasteiger partial charge < -0.3 is 18.8 Å². The van der Waals surface area contributed by atoms with Crippen LogP contribution in [-0.2, 0) is 6.61 Å². The van der Waals surface area contributed by atoms with E-state index in [1.807, 2.05) is 53.4 Å². The average molecular weight is 395 g/mol. The second kappa shape index (κ2) is 8.44. The van der Waals surface area contributed by atoms with Gasteiger partial charge in [0.15, 0.2) is 17.3 Å². The van der Waals surface area contributed by atoms with E-state index in [-0.39, 0.29) is 11.3 Å². The van der Waals surface area contributed by atoms with Gasteiger partial charge in [0.25, 0.3) is 5.91 Å². The molecule has 1 saturated heterocycles. The van der Waals surface area contributed by atoms with Crippen LogP contribution in [0.3, 0.4) is 0 Å². The van der Waals surface area contributed by atoms with E-state index in [1.165, 1.54) is 6.26 Å². The number of rotatable bonds is 6. The minimum Gasteiger partial charge on any atom is -0.493 e. The molecule has 6 heteroatoms. The van der Waals surface area contributed by atoms with Gasteiger partial charge in [0.1, 0.15) is 12.0 Å². The van der Waals surface area contributed by atoms with E-state index in [1.54, 1.807) is 31.0 Å². The number of benzene rings is 2. The van der Waals surface area contributed by atoms with Gasteiger partial charge in [0, 0.05) is 12.3 Å². The Labute approximate surface area is 168 Å². The van der Waals surface area contributed by atoms with Crippen molar-refractivity contribution in [1.29, 1.82) is 0 Å². The summed E-state index contributed by atoms with van der Waals surface area (Å²) in [6.45, 7) is 1.13. The van der Waals surface area contributed by atoms with Crippen LogP contribution in [0.1, 0.15) is 27.1 Å². The molecule has 28 heavy (non-hydrogen) atoms. The highest BCUT2D eigenvalue weighted by molar-refractivity contribution is 7.99. The van der Waals surface area contributed by atoms with Crippen LogP contribution < -0.4 is 9.47 Å². The molecule has 2 heterocycles. The predicted molar refractivity (Wildman–Crippen MR) is 109 cm³/mol.